The Balaban J connectivity index is 1.90. The van der Waals surface area contributed by atoms with Crippen molar-refractivity contribution in [2.45, 2.75) is 50.0 Å². The van der Waals surface area contributed by atoms with Crippen LogP contribution in [0.15, 0.2) is 29.2 Å². The van der Waals surface area contributed by atoms with Gasteiger partial charge in [0.25, 0.3) is 0 Å². The molecule has 0 amide bonds. The van der Waals surface area contributed by atoms with Crippen LogP contribution in [0.4, 0.5) is 0 Å². The molecular formula is C17H23NO3S. The lowest BCUT2D eigenvalue weighted by atomic mass is 9.80. The van der Waals surface area contributed by atoms with Gasteiger partial charge in [0.2, 0.25) is 10.0 Å². The summed E-state index contributed by atoms with van der Waals surface area (Å²) in [5, 5.41) is 0. The van der Waals surface area contributed by atoms with E-state index in [1.807, 2.05) is 6.92 Å². The van der Waals surface area contributed by atoms with E-state index < -0.39 is 16.1 Å². The molecule has 2 fully saturated rings. The molecule has 22 heavy (non-hydrogen) atoms. The Morgan fingerprint density at radius 3 is 2.41 bits per heavy atom. The number of Topliss-reactive ketones (excluding diaryl/α,β-unsaturated/α-hetero) is 1. The Morgan fingerprint density at radius 2 is 1.73 bits per heavy atom. The first-order valence-electron chi connectivity index (χ1n) is 7.98. The van der Waals surface area contributed by atoms with Gasteiger partial charge in [0.15, 0.2) is 5.78 Å². The standard InChI is InChI=1S/C17H23NO3S/c1-12-7-9-14(10-8-12)22(20,21)18(2)17-15-6-4-3-5-13(15)11-16(17)19/h7-10,13,15,17H,3-6,11H2,1-2H3/t13-,15-,17+/m1/s1. The van der Waals surface area contributed by atoms with Gasteiger partial charge in [-0.3, -0.25) is 4.79 Å². The predicted molar refractivity (Wildman–Crippen MR) is 85.0 cm³/mol. The number of hydrogen-bond acceptors (Lipinski definition) is 3. The molecule has 120 valence electrons. The minimum absolute atomic E-state index is 0.0927. The van der Waals surface area contributed by atoms with Gasteiger partial charge < -0.3 is 0 Å². The summed E-state index contributed by atoms with van der Waals surface area (Å²) in [6.07, 6.45) is 4.84. The number of nitrogens with zero attached hydrogens (tertiary/aromatic N) is 1. The van der Waals surface area contributed by atoms with E-state index in [0.717, 1.165) is 31.2 Å². The van der Waals surface area contributed by atoms with Crippen LogP contribution in [0.1, 0.15) is 37.7 Å². The van der Waals surface area contributed by atoms with E-state index in [1.165, 1.54) is 4.31 Å². The van der Waals surface area contributed by atoms with Gasteiger partial charge in [-0.15, -0.1) is 0 Å². The lowest BCUT2D eigenvalue weighted by molar-refractivity contribution is -0.120. The first kappa shape index (κ1) is 15.7. The third-order valence-electron chi connectivity index (χ3n) is 5.26. The third kappa shape index (κ3) is 2.61. The van der Waals surface area contributed by atoms with E-state index in [4.69, 9.17) is 0 Å². The maximum Gasteiger partial charge on any atom is 0.243 e. The molecule has 2 saturated carbocycles. The van der Waals surface area contributed by atoms with Gasteiger partial charge in [0, 0.05) is 13.5 Å². The molecule has 3 atom stereocenters. The van der Waals surface area contributed by atoms with Crippen LogP contribution in [0, 0.1) is 18.8 Å². The molecule has 2 aliphatic rings. The topological polar surface area (TPSA) is 54.5 Å². The zero-order chi connectivity index (χ0) is 15.9. The van der Waals surface area contributed by atoms with Crippen LogP contribution in [0.2, 0.25) is 0 Å². The highest BCUT2D eigenvalue weighted by Crippen LogP contribution is 2.43. The second-order valence-electron chi connectivity index (χ2n) is 6.66. The number of aryl methyl sites for hydroxylation is 1. The molecule has 0 N–H and O–H groups in total. The monoisotopic (exact) mass is 321 g/mol. The second-order valence-corrected chi connectivity index (χ2v) is 8.66. The molecule has 0 saturated heterocycles. The average Bonchev–Trinajstić information content (AvgIpc) is 2.82. The molecule has 4 nitrogen and oxygen atoms in total. The van der Waals surface area contributed by atoms with E-state index in [9.17, 15) is 13.2 Å². The molecule has 1 aromatic carbocycles. The first-order chi connectivity index (χ1) is 10.4. The van der Waals surface area contributed by atoms with Crippen molar-refractivity contribution in [1.82, 2.24) is 4.31 Å². The van der Waals surface area contributed by atoms with Gasteiger partial charge in [-0.05, 0) is 43.7 Å². The van der Waals surface area contributed by atoms with Gasteiger partial charge in [-0.1, -0.05) is 30.5 Å². The van der Waals surface area contributed by atoms with Crippen LogP contribution in [0.3, 0.4) is 0 Å². The van der Waals surface area contributed by atoms with Crippen molar-refractivity contribution >= 4 is 15.8 Å². The highest BCUT2D eigenvalue weighted by molar-refractivity contribution is 7.89. The largest absolute Gasteiger partial charge is 0.298 e. The van der Waals surface area contributed by atoms with E-state index in [-0.39, 0.29) is 16.6 Å². The van der Waals surface area contributed by atoms with Gasteiger partial charge in [-0.2, -0.15) is 4.31 Å². The number of carbonyl (C=O) groups excluding carboxylic acids is 1. The SMILES string of the molecule is Cc1ccc(S(=O)(=O)N(C)[C@@H]2C(=O)C[C@H]3CCCC[C@H]32)cc1. The van der Waals surface area contributed by atoms with Gasteiger partial charge in [0.05, 0.1) is 10.9 Å². The summed E-state index contributed by atoms with van der Waals surface area (Å²) in [5.41, 5.74) is 1.02. The summed E-state index contributed by atoms with van der Waals surface area (Å²) in [7, 11) is -2.05. The molecule has 2 aliphatic carbocycles. The Labute approximate surface area is 132 Å². The summed E-state index contributed by atoms with van der Waals surface area (Å²) in [6.45, 7) is 1.92. The maximum absolute atomic E-state index is 12.8. The van der Waals surface area contributed by atoms with Crippen molar-refractivity contribution in [1.29, 1.82) is 0 Å². The summed E-state index contributed by atoms with van der Waals surface area (Å²) < 4.78 is 27.0. The molecule has 0 unspecified atom stereocenters. The predicted octanol–water partition coefficient (Wildman–Crippen LogP) is 2.76. The van der Waals surface area contributed by atoms with Crippen molar-refractivity contribution < 1.29 is 13.2 Å². The summed E-state index contributed by atoms with van der Waals surface area (Å²) in [6, 6.07) is 6.36. The van der Waals surface area contributed by atoms with E-state index in [0.29, 0.717) is 12.3 Å². The molecule has 0 heterocycles. The van der Waals surface area contributed by atoms with Gasteiger partial charge in [0.1, 0.15) is 0 Å². The van der Waals surface area contributed by atoms with E-state index in [2.05, 4.69) is 0 Å². The smallest absolute Gasteiger partial charge is 0.243 e. The van der Waals surface area contributed by atoms with Crippen LogP contribution < -0.4 is 0 Å². The Hall–Kier alpha value is -1.20. The van der Waals surface area contributed by atoms with Crippen LogP contribution in [0.5, 0.6) is 0 Å². The van der Waals surface area contributed by atoms with Crippen LogP contribution >= 0.6 is 0 Å². The first-order valence-corrected chi connectivity index (χ1v) is 9.42. The number of benzene rings is 1. The summed E-state index contributed by atoms with van der Waals surface area (Å²) >= 11 is 0. The minimum atomic E-state index is -3.61. The highest BCUT2D eigenvalue weighted by Gasteiger charge is 2.48. The fraction of sp³-hybridized carbons (Fsp3) is 0.588. The van der Waals surface area contributed by atoms with Gasteiger partial charge >= 0.3 is 0 Å². The lowest BCUT2D eigenvalue weighted by Crippen LogP contribution is -2.44. The number of carbonyl (C=O) groups is 1. The normalized spacial score (nSPS) is 28.9. The number of fused-ring (bicyclic) bond motifs is 1. The molecule has 0 spiro atoms. The van der Waals surface area contributed by atoms with Crippen molar-refractivity contribution in [3.05, 3.63) is 29.8 Å². The molecular weight excluding hydrogens is 298 g/mol. The molecule has 3 rings (SSSR count). The van der Waals surface area contributed by atoms with Crippen molar-refractivity contribution in [3.63, 3.8) is 0 Å². The Bertz CT molecular complexity index is 666. The molecule has 0 radical (unpaired) electrons. The third-order valence-corrected chi connectivity index (χ3v) is 7.11. The summed E-state index contributed by atoms with van der Waals surface area (Å²) in [4.78, 5) is 12.7. The van der Waals surface area contributed by atoms with Crippen molar-refractivity contribution in [2.24, 2.45) is 11.8 Å². The number of ketones is 1. The van der Waals surface area contributed by atoms with E-state index in [1.54, 1.807) is 31.3 Å². The quantitative estimate of drug-likeness (QED) is 0.860. The number of hydrogen-bond donors (Lipinski definition) is 0. The Kier molecular flexibility index (Phi) is 4.12. The Morgan fingerprint density at radius 1 is 1.09 bits per heavy atom. The fourth-order valence-corrected chi connectivity index (χ4v) is 5.41. The molecule has 5 heteroatoms. The van der Waals surface area contributed by atoms with Crippen LogP contribution in [-0.4, -0.2) is 31.6 Å². The molecule has 0 bridgehead atoms. The zero-order valence-corrected chi connectivity index (χ0v) is 14.0. The van der Waals surface area contributed by atoms with Crippen LogP contribution in [0.25, 0.3) is 0 Å². The molecule has 1 aromatic rings. The minimum Gasteiger partial charge on any atom is -0.298 e. The van der Waals surface area contributed by atoms with Crippen molar-refractivity contribution in [3.8, 4) is 0 Å². The molecule has 0 aliphatic heterocycles. The number of sulfonamides is 1. The highest BCUT2D eigenvalue weighted by atomic mass is 32.2. The van der Waals surface area contributed by atoms with Crippen molar-refractivity contribution in [2.75, 3.05) is 7.05 Å². The fourth-order valence-electron chi connectivity index (χ4n) is 4.02. The summed E-state index contributed by atoms with van der Waals surface area (Å²) in [5.74, 6) is 0.670. The molecule has 0 aromatic heterocycles. The second kappa shape index (κ2) is 5.78. The van der Waals surface area contributed by atoms with Gasteiger partial charge in [-0.25, -0.2) is 8.42 Å². The number of likely N-dealkylation sites (N-methyl/N-ethyl adjacent to an activating group) is 1. The van der Waals surface area contributed by atoms with Crippen LogP contribution in [-0.2, 0) is 14.8 Å². The zero-order valence-electron chi connectivity index (χ0n) is 13.2. The maximum atomic E-state index is 12.8. The number of rotatable bonds is 3. The lowest BCUT2D eigenvalue weighted by Gasteiger charge is -2.32. The van der Waals surface area contributed by atoms with E-state index >= 15 is 0 Å². The average molecular weight is 321 g/mol.